The molecular weight excluding hydrogens is 262 g/mol. The van der Waals surface area contributed by atoms with E-state index in [-0.39, 0.29) is 12.4 Å². The van der Waals surface area contributed by atoms with E-state index in [2.05, 4.69) is 5.32 Å². The molecule has 3 nitrogen and oxygen atoms in total. The van der Waals surface area contributed by atoms with Gasteiger partial charge in [0.1, 0.15) is 6.04 Å². The van der Waals surface area contributed by atoms with Crippen molar-refractivity contribution in [1.29, 1.82) is 0 Å². The number of carboxylic acid groups (broad SMARTS) is 1. The van der Waals surface area contributed by atoms with Gasteiger partial charge in [0.15, 0.2) is 0 Å². The fourth-order valence-corrected chi connectivity index (χ4v) is 1.71. The second-order valence-corrected chi connectivity index (χ2v) is 4.74. The molecule has 1 unspecified atom stereocenters. The first-order valence-corrected chi connectivity index (χ1v) is 6.27. The number of carbonyl (C=O) groups is 1. The minimum absolute atomic E-state index is 0. The zero-order valence-corrected chi connectivity index (χ0v) is 12.2. The number of rotatable bonds is 7. The normalized spacial score (nSPS) is 12.4. The van der Waals surface area contributed by atoms with Crippen molar-refractivity contribution in [1.82, 2.24) is 5.32 Å². The molecule has 0 bridgehead atoms. The average molecular weight is 284 g/mol. The Labute approximate surface area is 121 Å². The fourth-order valence-electron chi connectivity index (χ4n) is 1.71. The zero-order chi connectivity index (χ0) is 13.4. The molecule has 4 heteroatoms. The molecule has 0 aliphatic carbocycles. The first kappa shape index (κ1) is 17.7. The highest BCUT2D eigenvalue weighted by Crippen LogP contribution is 2.05. The van der Waals surface area contributed by atoms with Gasteiger partial charge in [-0.15, -0.1) is 12.4 Å². The molecule has 0 aliphatic heterocycles. The van der Waals surface area contributed by atoms with Gasteiger partial charge in [-0.3, -0.25) is 4.79 Å². The molecule has 1 atom stereocenters. The molecule has 0 radical (unpaired) electrons. The minimum atomic E-state index is -0.781. The fraction of sp³-hybridized carbons (Fsp3) is 0.400. The summed E-state index contributed by atoms with van der Waals surface area (Å²) in [7, 11) is 0. The van der Waals surface area contributed by atoms with E-state index in [1.165, 1.54) is 0 Å². The maximum absolute atomic E-state index is 11.0. The maximum atomic E-state index is 11.0. The van der Waals surface area contributed by atoms with Crippen LogP contribution >= 0.6 is 12.4 Å². The lowest BCUT2D eigenvalue weighted by Gasteiger charge is -2.15. The molecular formula is C15H22ClNO2. The first-order valence-electron chi connectivity index (χ1n) is 6.27. The standard InChI is InChI=1S/C15H21NO2.ClH/c1-12(2)11-14(15(17)18)16-10-6-9-13-7-4-3-5-8-13;/h3-9,12,14,16H,10-11H2,1-2H3,(H,17,18);1H. The summed E-state index contributed by atoms with van der Waals surface area (Å²) in [5.74, 6) is -0.409. The summed E-state index contributed by atoms with van der Waals surface area (Å²) in [5.41, 5.74) is 1.12. The van der Waals surface area contributed by atoms with Gasteiger partial charge >= 0.3 is 5.97 Å². The van der Waals surface area contributed by atoms with Gasteiger partial charge in [-0.2, -0.15) is 0 Å². The Balaban J connectivity index is 0.00000324. The Morgan fingerprint density at radius 2 is 1.95 bits per heavy atom. The molecule has 19 heavy (non-hydrogen) atoms. The van der Waals surface area contributed by atoms with Crippen LogP contribution in [0.15, 0.2) is 36.4 Å². The smallest absolute Gasteiger partial charge is 0.320 e. The van der Waals surface area contributed by atoms with E-state index in [1.54, 1.807) is 0 Å². The van der Waals surface area contributed by atoms with Crippen LogP contribution in [0.2, 0.25) is 0 Å². The Bertz CT molecular complexity index is 390. The third-order valence-corrected chi connectivity index (χ3v) is 2.60. The highest BCUT2D eigenvalue weighted by atomic mass is 35.5. The van der Waals surface area contributed by atoms with Gasteiger partial charge in [0.2, 0.25) is 0 Å². The summed E-state index contributed by atoms with van der Waals surface area (Å²) in [6.45, 7) is 4.62. The van der Waals surface area contributed by atoms with E-state index in [9.17, 15) is 4.79 Å². The molecule has 106 valence electrons. The van der Waals surface area contributed by atoms with Crippen molar-refractivity contribution in [3.8, 4) is 0 Å². The van der Waals surface area contributed by atoms with E-state index in [4.69, 9.17) is 5.11 Å². The number of nitrogens with one attached hydrogen (secondary N) is 1. The van der Waals surface area contributed by atoms with Crippen molar-refractivity contribution >= 4 is 24.5 Å². The monoisotopic (exact) mass is 283 g/mol. The summed E-state index contributed by atoms with van der Waals surface area (Å²) in [5, 5.41) is 12.1. The van der Waals surface area contributed by atoms with Crippen molar-refractivity contribution in [2.24, 2.45) is 5.92 Å². The van der Waals surface area contributed by atoms with Gasteiger partial charge in [-0.25, -0.2) is 0 Å². The molecule has 1 aromatic rings. The highest BCUT2D eigenvalue weighted by molar-refractivity contribution is 5.85. The third kappa shape index (κ3) is 7.65. The molecule has 1 rings (SSSR count). The lowest BCUT2D eigenvalue weighted by Crippen LogP contribution is -2.37. The van der Waals surface area contributed by atoms with Crippen molar-refractivity contribution in [3.63, 3.8) is 0 Å². The lowest BCUT2D eigenvalue weighted by molar-refractivity contribution is -0.139. The highest BCUT2D eigenvalue weighted by Gasteiger charge is 2.16. The summed E-state index contributed by atoms with van der Waals surface area (Å²) in [6.07, 6.45) is 4.58. The molecule has 0 aromatic heterocycles. The average Bonchev–Trinajstić information content (AvgIpc) is 2.33. The largest absolute Gasteiger partial charge is 0.480 e. The summed E-state index contributed by atoms with van der Waals surface area (Å²) in [4.78, 5) is 11.0. The molecule has 2 N–H and O–H groups in total. The second-order valence-electron chi connectivity index (χ2n) is 4.74. The number of carboxylic acids is 1. The van der Waals surface area contributed by atoms with Gasteiger partial charge in [-0.1, -0.05) is 56.3 Å². The van der Waals surface area contributed by atoms with Crippen LogP contribution in [0.5, 0.6) is 0 Å². The molecule has 0 saturated carbocycles. The summed E-state index contributed by atoms with van der Waals surface area (Å²) >= 11 is 0. The molecule has 0 fully saturated rings. The number of hydrogen-bond donors (Lipinski definition) is 2. The van der Waals surface area contributed by atoms with Crippen LogP contribution in [-0.2, 0) is 4.79 Å². The van der Waals surface area contributed by atoms with E-state index >= 15 is 0 Å². The van der Waals surface area contributed by atoms with Gasteiger partial charge in [0.05, 0.1) is 0 Å². The molecule has 1 aromatic carbocycles. The predicted octanol–water partition coefficient (Wildman–Crippen LogP) is 3.21. The molecule has 0 heterocycles. The van der Waals surface area contributed by atoms with Gasteiger partial charge in [0, 0.05) is 6.54 Å². The quantitative estimate of drug-likeness (QED) is 0.808. The molecule has 0 saturated heterocycles. The molecule has 0 aliphatic rings. The zero-order valence-electron chi connectivity index (χ0n) is 11.4. The van der Waals surface area contributed by atoms with Gasteiger partial charge in [-0.05, 0) is 17.9 Å². The third-order valence-electron chi connectivity index (χ3n) is 2.60. The first-order chi connectivity index (χ1) is 8.59. The Kier molecular flexibility index (Phi) is 8.92. The lowest BCUT2D eigenvalue weighted by atomic mass is 10.0. The number of hydrogen-bond acceptors (Lipinski definition) is 2. The number of benzene rings is 1. The van der Waals surface area contributed by atoms with Crippen LogP contribution in [0, 0.1) is 5.92 Å². The maximum Gasteiger partial charge on any atom is 0.320 e. The van der Waals surface area contributed by atoms with Crippen molar-refractivity contribution in [2.75, 3.05) is 6.54 Å². The van der Waals surface area contributed by atoms with Crippen LogP contribution in [0.3, 0.4) is 0 Å². The van der Waals surface area contributed by atoms with E-state index in [0.717, 1.165) is 5.56 Å². The van der Waals surface area contributed by atoms with Crippen molar-refractivity contribution in [2.45, 2.75) is 26.3 Å². The van der Waals surface area contributed by atoms with Crippen LogP contribution in [0.1, 0.15) is 25.8 Å². The second kappa shape index (κ2) is 9.59. The Hall–Kier alpha value is -1.32. The van der Waals surface area contributed by atoms with E-state index < -0.39 is 12.0 Å². The topological polar surface area (TPSA) is 49.3 Å². The Morgan fingerprint density at radius 3 is 2.47 bits per heavy atom. The molecule has 0 spiro atoms. The van der Waals surface area contributed by atoms with E-state index in [1.807, 2.05) is 56.3 Å². The van der Waals surface area contributed by atoms with Crippen LogP contribution in [0.4, 0.5) is 0 Å². The van der Waals surface area contributed by atoms with Crippen LogP contribution < -0.4 is 5.32 Å². The van der Waals surface area contributed by atoms with Gasteiger partial charge in [0.25, 0.3) is 0 Å². The SMILES string of the molecule is CC(C)CC(NCC=Cc1ccccc1)C(=O)O.Cl. The Morgan fingerprint density at radius 1 is 1.32 bits per heavy atom. The van der Waals surface area contributed by atoms with Crippen LogP contribution in [0.25, 0.3) is 6.08 Å². The predicted molar refractivity (Wildman–Crippen MR) is 81.6 cm³/mol. The molecule has 0 amide bonds. The van der Waals surface area contributed by atoms with Gasteiger partial charge < -0.3 is 10.4 Å². The van der Waals surface area contributed by atoms with E-state index in [0.29, 0.717) is 18.9 Å². The summed E-state index contributed by atoms with van der Waals surface area (Å²) in [6, 6.07) is 9.49. The van der Waals surface area contributed by atoms with Crippen molar-refractivity contribution < 1.29 is 9.90 Å². The summed E-state index contributed by atoms with van der Waals surface area (Å²) < 4.78 is 0. The number of halogens is 1. The minimum Gasteiger partial charge on any atom is -0.480 e. The van der Waals surface area contributed by atoms with Crippen LogP contribution in [-0.4, -0.2) is 23.7 Å². The number of aliphatic carboxylic acids is 1. The van der Waals surface area contributed by atoms with Crippen molar-refractivity contribution in [3.05, 3.63) is 42.0 Å².